The fourth-order valence-corrected chi connectivity index (χ4v) is 5.63. The first-order valence-corrected chi connectivity index (χ1v) is 13.6. The van der Waals surface area contributed by atoms with Gasteiger partial charge in [0.05, 0.1) is 11.6 Å². The highest BCUT2D eigenvalue weighted by atomic mass is 16.6. The molecule has 2 aliphatic heterocycles. The second-order valence-corrected chi connectivity index (χ2v) is 10.2. The van der Waals surface area contributed by atoms with Gasteiger partial charge in [0.25, 0.3) is 11.5 Å². The van der Waals surface area contributed by atoms with Gasteiger partial charge in [0.1, 0.15) is 24.3 Å². The fourth-order valence-electron chi connectivity index (χ4n) is 5.63. The van der Waals surface area contributed by atoms with Gasteiger partial charge in [-0.2, -0.15) is 0 Å². The molecule has 2 aromatic heterocycles. The summed E-state index contributed by atoms with van der Waals surface area (Å²) in [6.07, 6.45) is 1.51. The largest absolute Gasteiger partial charge is 0.492 e. The highest BCUT2D eigenvalue weighted by molar-refractivity contribution is 5.95. The van der Waals surface area contributed by atoms with Crippen LogP contribution in [-0.2, 0) is 16.1 Å². The van der Waals surface area contributed by atoms with Crippen molar-refractivity contribution in [3.63, 3.8) is 0 Å². The molecule has 3 unspecified atom stereocenters. The molecule has 2 fully saturated rings. The standard InChI is InChI=1S/C28H32N6O6/c1-29-11-13-38-19-5-2-17-3-9-26(36)33(21(17)15-19)12-10-30-18-4-6-20-23(14-18)40-28(37)34(20)24-8-7-22-27(31-24)32-25(35)16-39-22/h2-3,5,7-9,15,18,20,23,29-30H,4,6,10-14,16H2,1H3,(H,31,32,35). The average molecular weight is 549 g/mol. The summed E-state index contributed by atoms with van der Waals surface area (Å²) in [5.41, 5.74) is 0.768. The SMILES string of the molecule is CNCCOc1ccc2ccc(=O)n(CCNC3CCC4C(C3)OC(=O)N4c3ccc4c(n3)NC(=O)CO4)c2c1. The van der Waals surface area contributed by atoms with E-state index in [1.54, 1.807) is 27.7 Å². The van der Waals surface area contributed by atoms with Crippen LogP contribution >= 0.6 is 0 Å². The molecule has 210 valence electrons. The van der Waals surface area contributed by atoms with Crippen molar-refractivity contribution in [2.75, 3.05) is 43.6 Å². The number of carbonyl (C=O) groups excluding carboxylic acids is 2. The highest BCUT2D eigenvalue weighted by Crippen LogP contribution is 2.37. The molecular formula is C28H32N6O6. The van der Waals surface area contributed by atoms with Crippen molar-refractivity contribution in [3.05, 3.63) is 52.8 Å². The van der Waals surface area contributed by atoms with Crippen molar-refractivity contribution in [3.8, 4) is 11.5 Å². The van der Waals surface area contributed by atoms with Crippen LogP contribution in [0.25, 0.3) is 10.9 Å². The van der Waals surface area contributed by atoms with Crippen LogP contribution in [0.1, 0.15) is 19.3 Å². The number of rotatable bonds is 9. The molecule has 0 bridgehead atoms. The van der Waals surface area contributed by atoms with E-state index >= 15 is 0 Å². The van der Waals surface area contributed by atoms with Crippen LogP contribution < -0.4 is 35.9 Å². The van der Waals surface area contributed by atoms with E-state index in [4.69, 9.17) is 14.2 Å². The summed E-state index contributed by atoms with van der Waals surface area (Å²) < 4.78 is 18.7. The van der Waals surface area contributed by atoms with E-state index in [0.29, 0.717) is 43.5 Å². The van der Waals surface area contributed by atoms with E-state index in [9.17, 15) is 14.4 Å². The topological polar surface area (TPSA) is 136 Å². The predicted octanol–water partition coefficient (Wildman–Crippen LogP) is 1.86. The zero-order valence-corrected chi connectivity index (χ0v) is 22.2. The molecule has 3 N–H and O–H groups in total. The van der Waals surface area contributed by atoms with Crippen LogP contribution in [0.4, 0.5) is 16.4 Å². The predicted molar refractivity (Wildman–Crippen MR) is 148 cm³/mol. The molecule has 6 rings (SSSR count). The van der Waals surface area contributed by atoms with Gasteiger partial charge in [-0.05, 0) is 55.6 Å². The number of amides is 2. The molecule has 3 aliphatic rings. The number of aromatic nitrogens is 2. The molecule has 0 spiro atoms. The van der Waals surface area contributed by atoms with Gasteiger partial charge >= 0.3 is 6.09 Å². The number of anilines is 2. The molecule has 3 aromatic rings. The zero-order valence-electron chi connectivity index (χ0n) is 22.2. The number of fused-ring (bicyclic) bond motifs is 3. The number of likely N-dealkylation sites (N-methyl/N-ethyl adjacent to an activating group) is 1. The Balaban J connectivity index is 1.09. The maximum atomic E-state index is 12.8. The van der Waals surface area contributed by atoms with Crippen molar-refractivity contribution in [2.24, 2.45) is 0 Å². The van der Waals surface area contributed by atoms with Crippen molar-refractivity contribution in [1.82, 2.24) is 20.2 Å². The Morgan fingerprint density at radius 2 is 1.98 bits per heavy atom. The first-order chi connectivity index (χ1) is 19.5. The summed E-state index contributed by atoms with van der Waals surface area (Å²) in [7, 11) is 1.87. The number of nitrogens with one attached hydrogen (secondary N) is 3. The average Bonchev–Trinajstić information content (AvgIpc) is 3.28. The number of nitrogens with zero attached hydrogens (tertiary/aromatic N) is 3. The lowest BCUT2D eigenvalue weighted by molar-refractivity contribution is -0.118. The highest BCUT2D eigenvalue weighted by Gasteiger charge is 2.46. The van der Waals surface area contributed by atoms with Crippen molar-refractivity contribution >= 4 is 34.5 Å². The first kappa shape index (κ1) is 26.1. The third-order valence-corrected chi connectivity index (χ3v) is 7.60. The zero-order chi connectivity index (χ0) is 27.6. The van der Waals surface area contributed by atoms with Crippen molar-refractivity contribution < 1.29 is 23.8 Å². The summed E-state index contributed by atoms with van der Waals surface area (Å²) in [5, 5.41) is 10.3. The number of benzene rings is 1. The Kier molecular flexibility index (Phi) is 7.27. The number of hydrogen-bond donors (Lipinski definition) is 3. The van der Waals surface area contributed by atoms with Gasteiger partial charge in [0.15, 0.2) is 18.2 Å². The van der Waals surface area contributed by atoms with E-state index in [-0.39, 0.29) is 36.3 Å². The molecule has 3 atom stereocenters. The number of pyridine rings is 2. The maximum Gasteiger partial charge on any atom is 0.416 e. The van der Waals surface area contributed by atoms with Crippen LogP contribution in [0.2, 0.25) is 0 Å². The maximum absolute atomic E-state index is 12.8. The third kappa shape index (κ3) is 5.19. The lowest BCUT2D eigenvalue weighted by atomic mass is 9.88. The van der Waals surface area contributed by atoms with Gasteiger partial charge in [-0.1, -0.05) is 0 Å². The van der Waals surface area contributed by atoms with Crippen molar-refractivity contribution in [2.45, 2.75) is 44.0 Å². The summed E-state index contributed by atoms with van der Waals surface area (Å²) in [5.74, 6) is 1.65. The molecule has 1 aliphatic carbocycles. The summed E-state index contributed by atoms with van der Waals surface area (Å²) >= 11 is 0. The van der Waals surface area contributed by atoms with Crippen LogP contribution in [0.5, 0.6) is 11.5 Å². The fraction of sp³-hybridized carbons (Fsp3) is 0.429. The van der Waals surface area contributed by atoms with Gasteiger partial charge in [-0.25, -0.2) is 9.78 Å². The molecule has 12 heteroatoms. The second kappa shape index (κ2) is 11.1. The van der Waals surface area contributed by atoms with Gasteiger partial charge < -0.3 is 34.7 Å². The summed E-state index contributed by atoms with van der Waals surface area (Å²) in [6.45, 7) is 2.31. The van der Waals surface area contributed by atoms with Crippen LogP contribution in [0, 0.1) is 0 Å². The lowest BCUT2D eigenvalue weighted by Gasteiger charge is -2.33. The first-order valence-electron chi connectivity index (χ1n) is 13.6. The molecule has 0 radical (unpaired) electrons. The van der Waals surface area contributed by atoms with Gasteiger partial charge in [0, 0.05) is 44.2 Å². The van der Waals surface area contributed by atoms with E-state index in [1.165, 1.54) is 0 Å². The molecule has 2 amide bonds. The van der Waals surface area contributed by atoms with Crippen LogP contribution in [-0.4, -0.2) is 73.1 Å². The molecule has 12 nitrogen and oxygen atoms in total. The molecule has 1 saturated heterocycles. The monoisotopic (exact) mass is 548 g/mol. The molecule has 1 saturated carbocycles. The Labute approximate surface area is 230 Å². The summed E-state index contributed by atoms with van der Waals surface area (Å²) in [6, 6.07) is 12.6. The number of ether oxygens (including phenoxy) is 3. The van der Waals surface area contributed by atoms with E-state index in [1.807, 2.05) is 31.3 Å². The minimum atomic E-state index is -0.443. The third-order valence-electron chi connectivity index (χ3n) is 7.60. The van der Waals surface area contributed by atoms with Crippen molar-refractivity contribution in [1.29, 1.82) is 0 Å². The lowest BCUT2D eigenvalue weighted by Crippen LogP contribution is -2.46. The molecular weight excluding hydrogens is 516 g/mol. The summed E-state index contributed by atoms with van der Waals surface area (Å²) in [4.78, 5) is 43.3. The smallest absolute Gasteiger partial charge is 0.416 e. The van der Waals surface area contributed by atoms with Gasteiger partial charge in [-0.3, -0.25) is 14.5 Å². The Morgan fingerprint density at radius 1 is 1.10 bits per heavy atom. The number of carbonyl (C=O) groups is 2. The second-order valence-electron chi connectivity index (χ2n) is 10.2. The quantitative estimate of drug-likeness (QED) is 0.342. The van der Waals surface area contributed by atoms with E-state index < -0.39 is 6.09 Å². The van der Waals surface area contributed by atoms with Gasteiger partial charge in [0.2, 0.25) is 0 Å². The minimum absolute atomic E-state index is 0.0551. The van der Waals surface area contributed by atoms with Gasteiger partial charge in [-0.15, -0.1) is 0 Å². The molecule has 40 heavy (non-hydrogen) atoms. The molecule has 4 heterocycles. The molecule has 1 aromatic carbocycles. The Hall–Kier alpha value is -4.16. The van der Waals surface area contributed by atoms with Crippen LogP contribution in [0.3, 0.4) is 0 Å². The van der Waals surface area contributed by atoms with E-state index in [2.05, 4.69) is 20.9 Å². The Morgan fingerprint density at radius 3 is 2.85 bits per heavy atom. The number of hydrogen-bond acceptors (Lipinski definition) is 9. The Bertz CT molecular complexity index is 1490. The van der Waals surface area contributed by atoms with E-state index in [0.717, 1.165) is 36.0 Å². The van der Waals surface area contributed by atoms with Crippen LogP contribution in [0.15, 0.2) is 47.3 Å². The normalized spacial score (nSPS) is 21.8. The minimum Gasteiger partial charge on any atom is -0.492 e.